The molecule has 0 amide bonds. The molecular formula is C21H34N4O5S. The summed E-state index contributed by atoms with van der Waals surface area (Å²) in [5, 5.41) is 14.9. The summed E-state index contributed by atoms with van der Waals surface area (Å²) in [6.07, 6.45) is 2.88. The van der Waals surface area contributed by atoms with Crippen LogP contribution >= 0.6 is 0 Å². The van der Waals surface area contributed by atoms with Gasteiger partial charge in [0.25, 0.3) is 5.69 Å². The van der Waals surface area contributed by atoms with Gasteiger partial charge in [0.15, 0.2) is 0 Å². The maximum absolute atomic E-state index is 12.9. The minimum absolute atomic E-state index is 0.0262. The molecule has 31 heavy (non-hydrogen) atoms. The molecule has 0 aliphatic carbocycles. The lowest BCUT2D eigenvalue weighted by Crippen LogP contribution is -2.57. The fraction of sp³-hybridized carbons (Fsp3) is 0.714. The van der Waals surface area contributed by atoms with E-state index in [2.05, 4.69) is 24.1 Å². The van der Waals surface area contributed by atoms with Gasteiger partial charge in [-0.2, -0.15) is 4.31 Å². The first-order valence-corrected chi connectivity index (χ1v) is 12.4. The Hall–Kier alpha value is -1.75. The number of benzene rings is 1. The van der Waals surface area contributed by atoms with Gasteiger partial charge in [-0.3, -0.25) is 15.0 Å². The van der Waals surface area contributed by atoms with Crippen molar-refractivity contribution in [2.45, 2.75) is 69.6 Å². The van der Waals surface area contributed by atoms with Gasteiger partial charge < -0.3 is 10.1 Å². The third-order valence-electron chi connectivity index (χ3n) is 6.11. The minimum Gasteiger partial charge on any atom is -0.378 e. The second-order valence-electron chi connectivity index (χ2n) is 9.23. The number of sulfonamides is 1. The number of anilines is 1. The van der Waals surface area contributed by atoms with Gasteiger partial charge in [0.1, 0.15) is 5.69 Å². The Balaban J connectivity index is 1.78. The molecule has 174 valence electrons. The number of piperidine rings is 1. The molecular weight excluding hydrogens is 420 g/mol. The average Bonchev–Trinajstić information content (AvgIpc) is 2.72. The SMILES string of the molecule is C[C@@H]1CN(C(C)(C)CNc2ccc(S(=O)(=O)N3CCCCC3)cc2[N+](=O)[O-])C[C@@H](C)O1. The first kappa shape index (κ1) is 23.9. The zero-order chi connectivity index (χ0) is 22.8. The molecule has 0 unspecified atom stereocenters. The van der Waals surface area contributed by atoms with Crippen LogP contribution in [-0.4, -0.2) is 73.0 Å². The molecule has 1 aromatic rings. The standard InChI is InChI=1S/C21H34N4O5S/c1-16-13-23(14-17(2)30-16)21(3,4)15-22-19-9-8-18(12-20(19)25(26)27)31(28,29)24-10-6-5-7-11-24/h8-9,12,16-17,22H,5-7,10-11,13-15H2,1-4H3/t16-,17-/m1/s1. The van der Waals surface area contributed by atoms with Crippen LogP contribution in [0.15, 0.2) is 23.1 Å². The first-order valence-electron chi connectivity index (χ1n) is 10.9. The van der Waals surface area contributed by atoms with E-state index in [4.69, 9.17) is 4.74 Å². The van der Waals surface area contributed by atoms with Crippen LogP contribution in [0.2, 0.25) is 0 Å². The highest BCUT2D eigenvalue weighted by molar-refractivity contribution is 7.89. The molecule has 1 N–H and O–H groups in total. The van der Waals surface area contributed by atoms with Crippen molar-refractivity contribution in [1.29, 1.82) is 0 Å². The maximum atomic E-state index is 12.9. The van der Waals surface area contributed by atoms with Crippen LogP contribution in [0.1, 0.15) is 47.0 Å². The van der Waals surface area contributed by atoms with Crippen LogP contribution in [0, 0.1) is 10.1 Å². The summed E-state index contributed by atoms with van der Waals surface area (Å²) in [5.74, 6) is 0. The van der Waals surface area contributed by atoms with Gasteiger partial charge in [0.05, 0.1) is 22.0 Å². The van der Waals surface area contributed by atoms with Crippen molar-refractivity contribution in [3.8, 4) is 0 Å². The molecule has 1 aromatic carbocycles. The van der Waals surface area contributed by atoms with Gasteiger partial charge in [0.2, 0.25) is 10.0 Å². The Morgan fingerprint density at radius 2 is 1.77 bits per heavy atom. The number of nitrogens with zero attached hydrogens (tertiary/aromatic N) is 3. The molecule has 2 fully saturated rings. The van der Waals surface area contributed by atoms with E-state index < -0.39 is 14.9 Å². The summed E-state index contributed by atoms with van der Waals surface area (Å²) in [5.41, 5.74) is -0.166. The van der Waals surface area contributed by atoms with Crippen molar-refractivity contribution < 1.29 is 18.1 Å². The second-order valence-corrected chi connectivity index (χ2v) is 11.2. The summed E-state index contributed by atoms with van der Waals surface area (Å²) >= 11 is 0. The normalized spacial score (nSPS) is 24.1. The summed E-state index contributed by atoms with van der Waals surface area (Å²) in [6, 6.07) is 4.15. The average molecular weight is 455 g/mol. The van der Waals surface area contributed by atoms with E-state index in [1.54, 1.807) is 0 Å². The molecule has 0 radical (unpaired) electrons. The predicted molar refractivity (Wildman–Crippen MR) is 120 cm³/mol. The number of ether oxygens (including phenoxy) is 1. The van der Waals surface area contributed by atoms with Crippen molar-refractivity contribution in [2.24, 2.45) is 0 Å². The third kappa shape index (κ3) is 5.54. The van der Waals surface area contributed by atoms with Crippen molar-refractivity contribution in [2.75, 3.05) is 38.0 Å². The monoisotopic (exact) mass is 454 g/mol. The molecule has 9 nitrogen and oxygen atoms in total. The lowest BCUT2D eigenvalue weighted by Gasteiger charge is -2.45. The highest BCUT2D eigenvalue weighted by Crippen LogP contribution is 2.31. The van der Waals surface area contributed by atoms with Crippen molar-refractivity contribution in [3.05, 3.63) is 28.3 Å². The Morgan fingerprint density at radius 3 is 2.35 bits per heavy atom. The molecule has 0 spiro atoms. The summed E-state index contributed by atoms with van der Waals surface area (Å²) in [7, 11) is -3.73. The number of nitrogens with one attached hydrogen (secondary N) is 1. The molecule has 2 saturated heterocycles. The van der Waals surface area contributed by atoms with E-state index in [0.29, 0.717) is 25.3 Å². The van der Waals surface area contributed by atoms with Crippen LogP contribution in [0.3, 0.4) is 0 Å². The minimum atomic E-state index is -3.73. The van der Waals surface area contributed by atoms with Crippen molar-refractivity contribution >= 4 is 21.4 Å². The highest BCUT2D eigenvalue weighted by Gasteiger charge is 2.34. The van der Waals surface area contributed by atoms with E-state index >= 15 is 0 Å². The van der Waals surface area contributed by atoms with Gasteiger partial charge in [-0.1, -0.05) is 6.42 Å². The number of hydrogen-bond acceptors (Lipinski definition) is 7. The summed E-state index contributed by atoms with van der Waals surface area (Å²) < 4.78 is 33.1. The Morgan fingerprint density at radius 1 is 1.16 bits per heavy atom. The van der Waals surface area contributed by atoms with Gasteiger partial charge >= 0.3 is 0 Å². The van der Waals surface area contributed by atoms with Gasteiger partial charge in [-0.25, -0.2) is 8.42 Å². The quantitative estimate of drug-likeness (QED) is 0.499. The topological polar surface area (TPSA) is 105 Å². The highest BCUT2D eigenvalue weighted by atomic mass is 32.2. The Labute approximate surface area is 184 Å². The molecule has 2 aliphatic heterocycles. The fourth-order valence-corrected chi connectivity index (χ4v) is 5.86. The lowest BCUT2D eigenvalue weighted by atomic mass is 10.00. The number of nitro benzene ring substituents is 1. The van der Waals surface area contributed by atoms with E-state index in [-0.39, 0.29) is 28.3 Å². The maximum Gasteiger partial charge on any atom is 0.293 e. The number of hydrogen-bond donors (Lipinski definition) is 1. The first-order chi connectivity index (χ1) is 14.5. The van der Waals surface area contributed by atoms with E-state index in [1.807, 2.05) is 13.8 Å². The molecule has 10 heteroatoms. The van der Waals surface area contributed by atoms with Gasteiger partial charge in [-0.05, 0) is 52.7 Å². The molecule has 0 bridgehead atoms. The largest absolute Gasteiger partial charge is 0.378 e. The molecule has 2 atom stereocenters. The predicted octanol–water partition coefficient (Wildman–Crippen LogP) is 3.07. The third-order valence-corrected chi connectivity index (χ3v) is 8.00. The van der Waals surface area contributed by atoms with E-state index in [1.165, 1.54) is 22.5 Å². The molecule has 0 saturated carbocycles. The van der Waals surface area contributed by atoms with Crippen LogP contribution in [-0.2, 0) is 14.8 Å². The zero-order valence-corrected chi connectivity index (χ0v) is 19.7. The molecule has 2 heterocycles. The Bertz CT molecular complexity index is 889. The van der Waals surface area contributed by atoms with Crippen LogP contribution < -0.4 is 5.32 Å². The number of rotatable bonds is 7. The molecule has 3 rings (SSSR count). The number of morpholine rings is 1. The second kappa shape index (κ2) is 9.40. The summed E-state index contributed by atoms with van der Waals surface area (Å²) in [6.45, 7) is 11.2. The van der Waals surface area contributed by atoms with Crippen LogP contribution in [0.4, 0.5) is 11.4 Å². The number of nitro groups is 1. The lowest BCUT2D eigenvalue weighted by molar-refractivity contribution is -0.384. The Kier molecular flexibility index (Phi) is 7.25. The molecule has 2 aliphatic rings. The smallest absolute Gasteiger partial charge is 0.293 e. The van der Waals surface area contributed by atoms with E-state index in [0.717, 1.165) is 32.4 Å². The van der Waals surface area contributed by atoms with E-state index in [9.17, 15) is 18.5 Å². The van der Waals surface area contributed by atoms with Crippen LogP contribution in [0.5, 0.6) is 0 Å². The summed E-state index contributed by atoms with van der Waals surface area (Å²) in [4.78, 5) is 13.5. The fourth-order valence-electron chi connectivity index (χ4n) is 4.32. The van der Waals surface area contributed by atoms with Gasteiger partial charge in [0, 0.05) is 44.3 Å². The zero-order valence-electron chi connectivity index (χ0n) is 18.8. The van der Waals surface area contributed by atoms with Crippen molar-refractivity contribution in [1.82, 2.24) is 9.21 Å². The van der Waals surface area contributed by atoms with Crippen molar-refractivity contribution in [3.63, 3.8) is 0 Å². The van der Waals surface area contributed by atoms with Crippen LogP contribution in [0.25, 0.3) is 0 Å². The molecule has 0 aromatic heterocycles. The van der Waals surface area contributed by atoms with Gasteiger partial charge in [-0.15, -0.1) is 0 Å².